The topological polar surface area (TPSA) is 91.8 Å². The SMILES string of the molecule is CCNC(=NCCNS(=O)(=O)CC)NCCOCC.I. The van der Waals surface area contributed by atoms with Gasteiger partial charge in [-0.1, -0.05) is 0 Å². The van der Waals surface area contributed by atoms with Crippen molar-refractivity contribution in [3.05, 3.63) is 0 Å². The number of nitrogens with one attached hydrogen (secondary N) is 3. The molecule has 3 N–H and O–H groups in total. The summed E-state index contributed by atoms with van der Waals surface area (Å²) in [5.41, 5.74) is 0. The minimum Gasteiger partial charge on any atom is -0.380 e. The smallest absolute Gasteiger partial charge is 0.211 e. The molecule has 0 saturated carbocycles. The van der Waals surface area contributed by atoms with Crippen molar-refractivity contribution in [1.29, 1.82) is 0 Å². The standard InChI is InChI=1S/C11H26N4O3S.HI/c1-4-12-11(14-9-10-18-5-2)13-7-8-15-19(16,17)6-3;/h15H,4-10H2,1-3H3,(H2,12,13,14);1H. The third kappa shape index (κ3) is 12.9. The van der Waals surface area contributed by atoms with E-state index in [-0.39, 0.29) is 29.7 Å². The molecule has 0 heterocycles. The number of halogens is 1. The van der Waals surface area contributed by atoms with Gasteiger partial charge in [-0.3, -0.25) is 4.99 Å². The lowest BCUT2D eigenvalue weighted by Gasteiger charge is -2.11. The first-order valence-corrected chi connectivity index (χ1v) is 8.28. The number of guanidine groups is 1. The molecule has 0 rings (SSSR count). The molecule has 7 nitrogen and oxygen atoms in total. The first-order valence-electron chi connectivity index (χ1n) is 6.63. The molecular weight excluding hydrogens is 395 g/mol. The van der Waals surface area contributed by atoms with Crippen LogP contribution < -0.4 is 15.4 Å². The summed E-state index contributed by atoms with van der Waals surface area (Å²) in [5, 5.41) is 6.18. The molecular formula is C11H27IN4O3S. The third-order valence-corrected chi connectivity index (χ3v) is 3.57. The molecule has 0 aliphatic rings. The Morgan fingerprint density at radius 2 is 1.85 bits per heavy atom. The Bertz CT molecular complexity index is 350. The Morgan fingerprint density at radius 1 is 1.15 bits per heavy atom. The van der Waals surface area contributed by atoms with Crippen LogP contribution in [0.5, 0.6) is 0 Å². The highest BCUT2D eigenvalue weighted by Crippen LogP contribution is 1.82. The van der Waals surface area contributed by atoms with Crippen molar-refractivity contribution in [3.8, 4) is 0 Å². The van der Waals surface area contributed by atoms with Gasteiger partial charge in [-0.2, -0.15) is 0 Å². The molecule has 0 saturated heterocycles. The molecule has 0 atom stereocenters. The van der Waals surface area contributed by atoms with Crippen LogP contribution in [0.25, 0.3) is 0 Å². The third-order valence-electron chi connectivity index (χ3n) is 2.17. The first-order chi connectivity index (χ1) is 9.05. The zero-order valence-electron chi connectivity index (χ0n) is 12.4. The van der Waals surface area contributed by atoms with Gasteiger partial charge >= 0.3 is 0 Å². The quantitative estimate of drug-likeness (QED) is 0.202. The summed E-state index contributed by atoms with van der Waals surface area (Å²) in [6.07, 6.45) is 0. The molecule has 122 valence electrons. The van der Waals surface area contributed by atoms with Crippen molar-refractivity contribution >= 4 is 40.0 Å². The Kier molecular flexibility index (Phi) is 15.3. The van der Waals surface area contributed by atoms with E-state index in [4.69, 9.17) is 4.74 Å². The molecule has 0 bridgehead atoms. The molecule has 9 heteroatoms. The van der Waals surface area contributed by atoms with E-state index in [1.807, 2.05) is 13.8 Å². The maximum atomic E-state index is 11.2. The fourth-order valence-corrected chi connectivity index (χ4v) is 1.81. The zero-order chi connectivity index (χ0) is 14.6. The van der Waals surface area contributed by atoms with E-state index in [0.29, 0.717) is 38.8 Å². The predicted molar refractivity (Wildman–Crippen MR) is 93.4 cm³/mol. The second-order valence-corrected chi connectivity index (χ2v) is 5.78. The first kappa shape index (κ1) is 22.2. The van der Waals surface area contributed by atoms with Crippen molar-refractivity contribution in [2.45, 2.75) is 20.8 Å². The van der Waals surface area contributed by atoms with Crippen LogP contribution in [0.3, 0.4) is 0 Å². The number of hydrogen-bond acceptors (Lipinski definition) is 4. The van der Waals surface area contributed by atoms with Crippen LogP contribution in [-0.4, -0.2) is 59.5 Å². The van der Waals surface area contributed by atoms with Crippen LogP contribution in [0, 0.1) is 0 Å². The highest BCUT2D eigenvalue weighted by atomic mass is 127. The number of sulfonamides is 1. The molecule has 0 aromatic heterocycles. The van der Waals surface area contributed by atoms with E-state index in [0.717, 1.165) is 6.54 Å². The lowest BCUT2D eigenvalue weighted by atomic mass is 10.6. The summed E-state index contributed by atoms with van der Waals surface area (Å²) in [7, 11) is -3.13. The molecule has 20 heavy (non-hydrogen) atoms. The van der Waals surface area contributed by atoms with Crippen LogP contribution in [0.15, 0.2) is 4.99 Å². The van der Waals surface area contributed by atoms with Crippen molar-refractivity contribution in [2.24, 2.45) is 4.99 Å². The number of nitrogens with zero attached hydrogens (tertiary/aromatic N) is 1. The van der Waals surface area contributed by atoms with Crippen molar-refractivity contribution in [1.82, 2.24) is 15.4 Å². The van der Waals surface area contributed by atoms with Crippen LogP contribution in [0.2, 0.25) is 0 Å². The molecule has 0 aliphatic carbocycles. The minimum absolute atomic E-state index is 0. The van der Waals surface area contributed by atoms with Gasteiger partial charge in [0.05, 0.1) is 18.9 Å². The average Bonchev–Trinajstić information content (AvgIpc) is 2.39. The summed E-state index contributed by atoms with van der Waals surface area (Å²) in [6.45, 7) is 8.93. The lowest BCUT2D eigenvalue weighted by Crippen LogP contribution is -2.39. The maximum Gasteiger partial charge on any atom is 0.211 e. The van der Waals surface area contributed by atoms with Crippen molar-refractivity contribution in [2.75, 3.05) is 45.1 Å². The van der Waals surface area contributed by atoms with Crippen LogP contribution >= 0.6 is 24.0 Å². The maximum absolute atomic E-state index is 11.2. The van der Waals surface area contributed by atoms with Crippen LogP contribution in [0.1, 0.15) is 20.8 Å². The molecule has 0 radical (unpaired) electrons. The van der Waals surface area contributed by atoms with Gasteiger partial charge in [0.2, 0.25) is 10.0 Å². The number of ether oxygens (including phenoxy) is 1. The monoisotopic (exact) mass is 422 g/mol. The molecule has 0 spiro atoms. The largest absolute Gasteiger partial charge is 0.380 e. The normalized spacial score (nSPS) is 11.8. The fourth-order valence-electron chi connectivity index (χ4n) is 1.20. The van der Waals surface area contributed by atoms with Crippen molar-refractivity contribution in [3.63, 3.8) is 0 Å². The Morgan fingerprint density at radius 3 is 2.40 bits per heavy atom. The Balaban J connectivity index is 0. The van der Waals surface area contributed by atoms with E-state index >= 15 is 0 Å². The second kappa shape index (κ2) is 13.8. The minimum atomic E-state index is -3.13. The predicted octanol–water partition coefficient (Wildman–Crippen LogP) is 0.135. The summed E-state index contributed by atoms with van der Waals surface area (Å²) in [5.74, 6) is 0.751. The van der Waals surface area contributed by atoms with Gasteiger partial charge in [0.1, 0.15) is 0 Å². The van der Waals surface area contributed by atoms with E-state index < -0.39 is 10.0 Å². The molecule has 0 aromatic rings. The summed E-state index contributed by atoms with van der Waals surface area (Å²) >= 11 is 0. The molecule has 0 aliphatic heterocycles. The van der Waals surface area contributed by atoms with E-state index in [1.165, 1.54) is 0 Å². The van der Waals surface area contributed by atoms with Crippen LogP contribution in [-0.2, 0) is 14.8 Å². The van der Waals surface area contributed by atoms with Gasteiger partial charge in [-0.25, -0.2) is 13.1 Å². The van der Waals surface area contributed by atoms with Gasteiger partial charge < -0.3 is 15.4 Å². The fraction of sp³-hybridized carbons (Fsp3) is 0.909. The summed E-state index contributed by atoms with van der Waals surface area (Å²) in [6, 6.07) is 0. The molecule has 0 amide bonds. The molecule has 0 fully saturated rings. The highest BCUT2D eigenvalue weighted by Gasteiger charge is 2.04. The summed E-state index contributed by atoms with van der Waals surface area (Å²) < 4.78 is 30.1. The van der Waals surface area contributed by atoms with E-state index in [2.05, 4.69) is 20.3 Å². The van der Waals surface area contributed by atoms with Gasteiger partial charge in [0.15, 0.2) is 5.96 Å². The van der Waals surface area contributed by atoms with Gasteiger partial charge in [-0.15, -0.1) is 24.0 Å². The Labute approximate surface area is 139 Å². The van der Waals surface area contributed by atoms with E-state index in [9.17, 15) is 8.42 Å². The average molecular weight is 422 g/mol. The number of rotatable bonds is 10. The number of aliphatic imine (C=N–C) groups is 1. The number of hydrogen-bond donors (Lipinski definition) is 3. The highest BCUT2D eigenvalue weighted by molar-refractivity contribution is 14.0. The van der Waals surface area contributed by atoms with Crippen LogP contribution in [0.4, 0.5) is 0 Å². The second-order valence-electron chi connectivity index (χ2n) is 3.68. The van der Waals surface area contributed by atoms with Gasteiger partial charge in [0.25, 0.3) is 0 Å². The lowest BCUT2D eigenvalue weighted by molar-refractivity contribution is 0.152. The summed E-state index contributed by atoms with van der Waals surface area (Å²) in [4.78, 5) is 4.26. The van der Waals surface area contributed by atoms with E-state index in [1.54, 1.807) is 6.92 Å². The molecule has 0 unspecified atom stereocenters. The molecule has 0 aromatic carbocycles. The van der Waals surface area contributed by atoms with Gasteiger partial charge in [-0.05, 0) is 20.8 Å². The van der Waals surface area contributed by atoms with Gasteiger partial charge in [0, 0.05) is 26.2 Å². The zero-order valence-corrected chi connectivity index (χ0v) is 15.6. The van der Waals surface area contributed by atoms with Crippen molar-refractivity contribution < 1.29 is 13.2 Å². The Hall–Kier alpha value is -0.130.